The first-order valence-electron chi connectivity index (χ1n) is 5.36. The van der Waals surface area contributed by atoms with Crippen LogP contribution in [0.1, 0.15) is 17.3 Å². The van der Waals surface area contributed by atoms with Crippen LogP contribution in [-0.4, -0.2) is 21.2 Å². The van der Waals surface area contributed by atoms with E-state index < -0.39 is 5.97 Å². The average Bonchev–Trinajstić information content (AvgIpc) is 2.74. The summed E-state index contributed by atoms with van der Waals surface area (Å²) in [6.07, 6.45) is 0.00311. The second-order valence-electron chi connectivity index (χ2n) is 3.74. The van der Waals surface area contributed by atoms with Gasteiger partial charge in [-0.15, -0.1) is 0 Å². The van der Waals surface area contributed by atoms with E-state index in [0.717, 1.165) is 5.56 Å². The number of ether oxygens (including phenoxy) is 1. The SMILES string of the molecule is Cc1noc(COc2ccc(CC(=O)O)cc2)n1. The van der Waals surface area contributed by atoms with Crippen LogP contribution in [0.25, 0.3) is 0 Å². The number of benzene rings is 1. The van der Waals surface area contributed by atoms with Crippen LogP contribution in [0.3, 0.4) is 0 Å². The monoisotopic (exact) mass is 248 g/mol. The van der Waals surface area contributed by atoms with Crippen molar-refractivity contribution in [2.75, 3.05) is 0 Å². The summed E-state index contributed by atoms with van der Waals surface area (Å²) in [5, 5.41) is 12.3. The van der Waals surface area contributed by atoms with E-state index in [4.69, 9.17) is 14.4 Å². The molecule has 0 amide bonds. The Morgan fingerprint density at radius 2 is 2.11 bits per heavy atom. The smallest absolute Gasteiger partial charge is 0.307 e. The van der Waals surface area contributed by atoms with Crippen LogP contribution >= 0.6 is 0 Å². The molecule has 6 nitrogen and oxygen atoms in total. The predicted molar refractivity (Wildman–Crippen MR) is 61.1 cm³/mol. The number of carboxylic acids is 1. The molecule has 0 aliphatic carbocycles. The molecule has 6 heteroatoms. The summed E-state index contributed by atoms with van der Waals surface area (Å²) in [7, 11) is 0. The highest BCUT2D eigenvalue weighted by molar-refractivity contribution is 5.70. The van der Waals surface area contributed by atoms with Gasteiger partial charge in [-0.25, -0.2) is 0 Å². The van der Waals surface area contributed by atoms with Gasteiger partial charge in [-0.05, 0) is 24.6 Å². The minimum atomic E-state index is -0.856. The molecule has 0 saturated heterocycles. The Labute approximate surface area is 103 Å². The molecule has 94 valence electrons. The molecular weight excluding hydrogens is 236 g/mol. The maximum Gasteiger partial charge on any atom is 0.307 e. The molecule has 0 bridgehead atoms. The van der Waals surface area contributed by atoms with Crippen molar-refractivity contribution in [1.29, 1.82) is 0 Å². The second kappa shape index (κ2) is 5.31. The van der Waals surface area contributed by atoms with Crippen LogP contribution in [0, 0.1) is 6.92 Å². The Hall–Kier alpha value is -2.37. The van der Waals surface area contributed by atoms with E-state index in [0.29, 0.717) is 17.5 Å². The van der Waals surface area contributed by atoms with E-state index >= 15 is 0 Å². The standard InChI is InChI=1S/C12H12N2O4/c1-8-13-11(18-14-8)7-17-10-4-2-9(3-5-10)6-12(15)16/h2-5H,6-7H2,1H3,(H,15,16). The quantitative estimate of drug-likeness (QED) is 0.864. The summed E-state index contributed by atoms with van der Waals surface area (Å²) in [5.41, 5.74) is 0.725. The van der Waals surface area contributed by atoms with Crippen LogP contribution < -0.4 is 4.74 Å². The summed E-state index contributed by atoms with van der Waals surface area (Å²) < 4.78 is 10.3. The zero-order valence-corrected chi connectivity index (χ0v) is 9.79. The number of aromatic nitrogens is 2. The van der Waals surface area contributed by atoms with Crippen molar-refractivity contribution in [3.8, 4) is 5.75 Å². The molecule has 0 aliphatic heterocycles. The van der Waals surface area contributed by atoms with Crippen LogP contribution in [0.2, 0.25) is 0 Å². The van der Waals surface area contributed by atoms with Crippen LogP contribution in [-0.2, 0) is 17.8 Å². The number of aliphatic carboxylic acids is 1. The van der Waals surface area contributed by atoms with Gasteiger partial charge >= 0.3 is 5.97 Å². The maximum atomic E-state index is 10.5. The van der Waals surface area contributed by atoms with E-state index in [2.05, 4.69) is 10.1 Å². The minimum absolute atomic E-state index is 0.00311. The lowest BCUT2D eigenvalue weighted by atomic mass is 10.1. The lowest BCUT2D eigenvalue weighted by Crippen LogP contribution is -2.00. The number of aryl methyl sites for hydroxylation is 1. The van der Waals surface area contributed by atoms with Gasteiger partial charge in [-0.1, -0.05) is 17.3 Å². The number of rotatable bonds is 5. The molecule has 2 rings (SSSR count). The predicted octanol–water partition coefficient (Wildman–Crippen LogP) is 1.58. The van der Waals surface area contributed by atoms with Gasteiger partial charge in [-0.3, -0.25) is 4.79 Å². The highest BCUT2D eigenvalue weighted by Gasteiger charge is 2.04. The molecule has 0 unspecified atom stereocenters. The first kappa shape index (κ1) is 12.1. The maximum absolute atomic E-state index is 10.5. The number of hydrogen-bond acceptors (Lipinski definition) is 5. The molecule has 0 fully saturated rings. The summed E-state index contributed by atoms with van der Waals surface area (Å²) in [5.74, 6) is 0.734. The highest BCUT2D eigenvalue weighted by Crippen LogP contribution is 2.14. The van der Waals surface area contributed by atoms with Crippen molar-refractivity contribution in [2.45, 2.75) is 20.0 Å². The number of carboxylic acid groups (broad SMARTS) is 1. The van der Waals surface area contributed by atoms with Crippen molar-refractivity contribution in [3.05, 3.63) is 41.5 Å². The lowest BCUT2D eigenvalue weighted by Gasteiger charge is -2.03. The van der Waals surface area contributed by atoms with Crippen molar-refractivity contribution < 1.29 is 19.2 Å². The largest absolute Gasteiger partial charge is 0.484 e. The number of hydrogen-bond donors (Lipinski definition) is 1. The third kappa shape index (κ3) is 3.31. The fraction of sp³-hybridized carbons (Fsp3) is 0.250. The van der Waals surface area contributed by atoms with Gasteiger partial charge in [-0.2, -0.15) is 4.98 Å². The molecule has 0 saturated carbocycles. The van der Waals surface area contributed by atoms with Gasteiger partial charge in [0.05, 0.1) is 6.42 Å². The van der Waals surface area contributed by atoms with Crippen LogP contribution in [0.15, 0.2) is 28.8 Å². The summed E-state index contributed by atoms with van der Waals surface area (Å²) in [6.45, 7) is 1.92. The fourth-order valence-corrected chi connectivity index (χ4v) is 1.42. The molecule has 1 aromatic heterocycles. The van der Waals surface area contributed by atoms with Gasteiger partial charge in [0.25, 0.3) is 5.89 Å². The number of nitrogens with zero attached hydrogens (tertiary/aromatic N) is 2. The van der Waals surface area contributed by atoms with E-state index in [1.54, 1.807) is 31.2 Å². The molecule has 1 aromatic carbocycles. The lowest BCUT2D eigenvalue weighted by molar-refractivity contribution is -0.136. The molecule has 1 N–H and O–H groups in total. The van der Waals surface area contributed by atoms with Crippen LogP contribution in [0.4, 0.5) is 0 Å². The summed E-state index contributed by atoms with van der Waals surface area (Å²) >= 11 is 0. The fourth-order valence-electron chi connectivity index (χ4n) is 1.42. The topological polar surface area (TPSA) is 85.5 Å². The van der Waals surface area contributed by atoms with Crippen molar-refractivity contribution in [1.82, 2.24) is 10.1 Å². The molecular formula is C12H12N2O4. The van der Waals surface area contributed by atoms with Crippen molar-refractivity contribution >= 4 is 5.97 Å². The zero-order chi connectivity index (χ0) is 13.0. The van der Waals surface area contributed by atoms with Gasteiger partial charge in [0, 0.05) is 0 Å². The second-order valence-corrected chi connectivity index (χ2v) is 3.74. The Bertz CT molecular complexity index is 533. The summed E-state index contributed by atoms with van der Waals surface area (Å²) in [6, 6.07) is 6.84. The van der Waals surface area contributed by atoms with Crippen molar-refractivity contribution in [2.24, 2.45) is 0 Å². The van der Waals surface area contributed by atoms with E-state index in [1.807, 2.05) is 0 Å². The molecule has 2 aromatic rings. The molecule has 0 spiro atoms. The molecule has 18 heavy (non-hydrogen) atoms. The zero-order valence-electron chi connectivity index (χ0n) is 9.79. The van der Waals surface area contributed by atoms with E-state index in [-0.39, 0.29) is 13.0 Å². The molecule has 1 heterocycles. The molecule has 0 aliphatic rings. The van der Waals surface area contributed by atoms with Crippen molar-refractivity contribution in [3.63, 3.8) is 0 Å². The average molecular weight is 248 g/mol. The third-order valence-corrected chi connectivity index (χ3v) is 2.21. The number of carbonyl (C=O) groups is 1. The van der Waals surface area contributed by atoms with Gasteiger partial charge < -0.3 is 14.4 Å². The van der Waals surface area contributed by atoms with Gasteiger partial charge in [0.1, 0.15) is 5.75 Å². The van der Waals surface area contributed by atoms with Gasteiger partial charge in [0.2, 0.25) is 0 Å². The van der Waals surface area contributed by atoms with Crippen LogP contribution in [0.5, 0.6) is 5.75 Å². The molecule has 0 radical (unpaired) electrons. The van der Waals surface area contributed by atoms with E-state index in [9.17, 15) is 4.79 Å². The first-order valence-corrected chi connectivity index (χ1v) is 5.36. The molecule has 0 atom stereocenters. The van der Waals surface area contributed by atoms with E-state index in [1.165, 1.54) is 0 Å². The Morgan fingerprint density at radius 1 is 1.39 bits per heavy atom. The summed E-state index contributed by atoms with van der Waals surface area (Å²) in [4.78, 5) is 14.5. The highest BCUT2D eigenvalue weighted by atomic mass is 16.5. The Morgan fingerprint density at radius 3 is 2.67 bits per heavy atom. The van der Waals surface area contributed by atoms with Gasteiger partial charge in [0.15, 0.2) is 12.4 Å². The Kier molecular flexibility index (Phi) is 3.57. The third-order valence-electron chi connectivity index (χ3n) is 2.21. The normalized spacial score (nSPS) is 10.3. The first-order chi connectivity index (χ1) is 8.63. The Balaban J connectivity index is 1.92. The minimum Gasteiger partial charge on any atom is -0.484 e.